The van der Waals surface area contributed by atoms with Crippen LogP contribution in [0.15, 0.2) is 18.2 Å². The number of nitrogens with one attached hydrogen (secondary N) is 1. The lowest BCUT2D eigenvalue weighted by molar-refractivity contribution is 0.261. The zero-order valence-electron chi connectivity index (χ0n) is 10.6. The average Bonchev–Trinajstić information content (AvgIpc) is 2.24. The summed E-state index contributed by atoms with van der Waals surface area (Å²) in [5.41, 5.74) is 2.21. The van der Waals surface area contributed by atoms with Crippen LogP contribution in [0.1, 0.15) is 31.9 Å². The third-order valence-electron chi connectivity index (χ3n) is 2.50. The number of benzene rings is 1. The lowest BCUT2D eigenvalue weighted by atomic mass is 9.85. The van der Waals surface area contributed by atoms with Gasteiger partial charge < -0.3 is 10.1 Å². The number of ether oxygens (including phenoxy) is 1. The number of hydrogen-bond acceptors (Lipinski definition) is 2. The van der Waals surface area contributed by atoms with Gasteiger partial charge in [-0.25, -0.2) is 0 Å². The van der Waals surface area contributed by atoms with E-state index in [9.17, 15) is 4.79 Å². The van der Waals surface area contributed by atoms with Gasteiger partial charge in [0.2, 0.25) is 0 Å². The first-order valence-electron chi connectivity index (χ1n) is 5.45. The van der Waals surface area contributed by atoms with Gasteiger partial charge in [0.05, 0.1) is 7.11 Å². The molecular weight excluding hydrogens is 282 g/mol. The zero-order valence-corrected chi connectivity index (χ0v) is 12.2. The Balaban J connectivity index is 3.01. The van der Waals surface area contributed by atoms with Gasteiger partial charge in [-0.2, -0.15) is 0 Å². The summed E-state index contributed by atoms with van der Waals surface area (Å²) >= 11 is 2.84. The number of rotatable bonds is 3. The molecule has 0 aromatic heterocycles. The Kier molecular flexibility index (Phi) is 4.57. The lowest BCUT2D eigenvalue weighted by Gasteiger charge is -2.23. The van der Waals surface area contributed by atoms with Gasteiger partial charge >= 0.3 is 0 Å². The monoisotopic (exact) mass is 299 g/mol. The molecule has 1 amide bonds. The fourth-order valence-electron chi connectivity index (χ4n) is 1.62. The molecule has 0 unspecified atom stereocenters. The van der Waals surface area contributed by atoms with E-state index in [4.69, 9.17) is 4.74 Å². The second-order valence-corrected chi connectivity index (χ2v) is 5.63. The molecule has 0 aliphatic heterocycles. The molecular formula is C13H18BrNO2. The molecule has 0 aliphatic carbocycles. The van der Waals surface area contributed by atoms with E-state index < -0.39 is 0 Å². The normalized spacial score (nSPS) is 11.1. The molecule has 1 rings (SSSR count). The number of hydrogen-bond donors (Lipinski definition) is 1. The summed E-state index contributed by atoms with van der Waals surface area (Å²) in [6.45, 7) is 6.92. The van der Waals surface area contributed by atoms with E-state index in [0.717, 1.165) is 16.9 Å². The molecule has 4 heteroatoms. The van der Waals surface area contributed by atoms with Gasteiger partial charge in [-0.15, -0.1) is 0 Å². The van der Waals surface area contributed by atoms with Crippen molar-refractivity contribution in [1.29, 1.82) is 0 Å². The number of halogens is 1. The van der Waals surface area contributed by atoms with E-state index in [-0.39, 0.29) is 10.2 Å². The van der Waals surface area contributed by atoms with E-state index in [1.807, 2.05) is 12.1 Å². The van der Waals surface area contributed by atoms with Crippen LogP contribution >= 0.6 is 15.9 Å². The Hall–Kier alpha value is -1.03. The molecule has 94 valence electrons. The SMILES string of the molecule is COc1ccc(CNC(=O)Br)cc1C(C)(C)C. The smallest absolute Gasteiger partial charge is 0.287 e. The van der Waals surface area contributed by atoms with Crippen LogP contribution in [0.2, 0.25) is 0 Å². The third-order valence-corrected chi connectivity index (χ3v) is 2.78. The van der Waals surface area contributed by atoms with E-state index in [0.29, 0.717) is 6.54 Å². The summed E-state index contributed by atoms with van der Waals surface area (Å²) in [4.78, 5) is 10.6. The van der Waals surface area contributed by atoms with Crippen molar-refractivity contribution in [1.82, 2.24) is 5.32 Å². The van der Waals surface area contributed by atoms with Crippen molar-refractivity contribution in [2.45, 2.75) is 32.7 Å². The van der Waals surface area contributed by atoms with E-state index in [1.165, 1.54) is 0 Å². The Morgan fingerprint density at radius 3 is 2.53 bits per heavy atom. The minimum atomic E-state index is -0.203. The summed E-state index contributed by atoms with van der Waals surface area (Å²) in [7, 11) is 1.67. The summed E-state index contributed by atoms with van der Waals surface area (Å²) in [5.74, 6) is 0.881. The van der Waals surface area contributed by atoms with Crippen molar-refractivity contribution in [2.24, 2.45) is 0 Å². The fourth-order valence-corrected chi connectivity index (χ4v) is 1.76. The Morgan fingerprint density at radius 2 is 2.06 bits per heavy atom. The fraction of sp³-hybridized carbons (Fsp3) is 0.462. The molecule has 1 aromatic rings. The standard InChI is InChI=1S/C13H18BrNO2/c1-13(2,3)10-7-9(8-15-12(14)16)5-6-11(10)17-4/h5-7H,8H2,1-4H3,(H,15,16). The number of carbonyl (C=O) groups excluding carboxylic acids is 1. The molecule has 0 aliphatic rings. The second kappa shape index (κ2) is 5.54. The Labute approximate surface area is 111 Å². The molecule has 3 nitrogen and oxygen atoms in total. The molecule has 1 N–H and O–H groups in total. The minimum Gasteiger partial charge on any atom is -0.496 e. The highest BCUT2D eigenvalue weighted by molar-refractivity contribution is 9.18. The first kappa shape index (κ1) is 14.0. The highest BCUT2D eigenvalue weighted by atomic mass is 79.9. The second-order valence-electron chi connectivity index (χ2n) is 4.91. The quantitative estimate of drug-likeness (QED) is 0.684. The molecule has 0 bridgehead atoms. The van der Waals surface area contributed by atoms with Crippen LogP contribution in [0.4, 0.5) is 4.79 Å². The maximum atomic E-state index is 10.8. The molecule has 17 heavy (non-hydrogen) atoms. The zero-order chi connectivity index (χ0) is 13.1. The van der Waals surface area contributed by atoms with E-state index >= 15 is 0 Å². The topological polar surface area (TPSA) is 38.3 Å². The molecule has 0 fully saturated rings. The van der Waals surface area contributed by atoms with Crippen molar-refractivity contribution in [3.05, 3.63) is 29.3 Å². The summed E-state index contributed by atoms with van der Waals surface area (Å²) in [5, 5.41) is 2.71. The van der Waals surface area contributed by atoms with Gasteiger partial charge in [-0.3, -0.25) is 4.79 Å². The van der Waals surface area contributed by atoms with Crippen LogP contribution in [0.3, 0.4) is 0 Å². The lowest BCUT2D eigenvalue weighted by Crippen LogP contribution is -2.17. The minimum absolute atomic E-state index is 0.0137. The number of methoxy groups -OCH3 is 1. The van der Waals surface area contributed by atoms with E-state index in [2.05, 4.69) is 48.1 Å². The van der Waals surface area contributed by atoms with Crippen LogP contribution in [0.5, 0.6) is 5.75 Å². The van der Waals surface area contributed by atoms with Gasteiger partial charge in [0.15, 0.2) is 0 Å². The van der Waals surface area contributed by atoms with Gasteiger partial charge in [0.25, 0.3) is 4.82 Å². The molecule has 0 spiro atoms. The van der Waals surface area contributed by atoms with Crippen molar-refractivity contribution in [3.63, 3.8) is 0 Å². The summed E-state index contributed by atoms with van der Waals surface area (Å²) in [6.07, 6.45) is 0. The van der Waals surface area contributed by atoms with Gasteiger partial charge in [0.1, 0.15) is 5.75 Å². The maximum absolute atomic E-state index is 10.8. The number of amides is 1. The van der Waals surface area contributed by atoms with Gasteiger partial charge in [-0.1, -0.05) is 26.8 Å². The predicted molar refractivity (Wildman–Crippen MR) is 72.9 cm³/mol. The van der Waals surface area contributed by atoms with E-state index in [1.54, 1.807) is 7.11 Å². The Bertz CT molecular complexity index is 410. The maximum Gasteiger partial charge on any atom is 0.287 e. The van der Waals surface area contributed by atoms with Crippen molar-refractivity contribution >= 4 is 20.7 Å². The van der Waals surface area contributed by atoms with Crippen molar-refractivity contribution in [2.75, 3.05) is 7.11 Å². The molecule has 1 aromatic carbocycles. The molecule has 0 atom stereocenters. The van der Waals surface area contributed by atoms with Crippen LogP contribution in [0, 0.1) is 0 Å². The molecule has 0 radical (unpaired) electrons. The highest BCUT2D eigenvalue weighted by Gasteiger charge is 2.19. The molecule has 0 saturated heterocycles. The van der Waals surface area contributed by atoms with Crippen LogP contribution in [-0.4, -0.2) is 11.9 Å². The summed E-state index contributed by atoms with van der Waals surface area (Å²) < 4.78 is 5.36. The van der Waals surface area contributed by atoms with Crippen LogP contribution in [0.25, 0.3) is 0 Å². The van der Waals surface area contributed by atoms with Crippen LogP contribution < -0.4 is 10.1 Å². The van der Waals surface area contributed by atoms with Gasteiger partial charge in [0, 0.05) is 22.5 Å². The average molecular weight is 300 g/mol. The summed E-state index contributed by atoms with van der Waals surface area (Å²) in [6, 6.07) is 5.97. The Morgan fingerprint density at radius 1 is 1.41 bits per heavy atom. The molecule has 0 saturated carbocycles. The first-order chi connectivity index (χ1) is 7.84. The van der Waals surface area contributed by atoms with Crippen molar-refractivity contribution in [3.8, 4) is 5.75 Å². The number of carbonyl (C=O) groups is 1. The highest BCUT2D eigenvalue weighted by Crippen LogP contribution is 2.31. The third kappa shape index (κ3) is 4.04. The largest absolute Gasteiger partial charge is 0.496 e. The van der Waals surface area contributed by atoms with Gasteiger partial charge in [-0.05, 0) is 28.7 Å². The first-order valence-corrected chi connectivity index (χ1v) is 6.24. The van der Waals surface area contributed by atoms with Crippen molar-refractivity contribution < 1.29 is 9.53 Å². The van der Waals surface area contributed by atoms with Crippen LogP contribution in [-0.2, 0) is 12.0 Å². The predicted octanol–water partition coefficient (Wildman–Crippen LogP) is 3.60. The molecule has 0 heterocycles.